The van der Waals surface area contributed by atoms with Crippen molar-refractivity contribution in [1.82, 2.24) is 10.2 Å². The zero-order valence-corrected chi connectivity index (χ0v) is 15.4. The number of amides is 1. The van der Waals surface area contributed by atoms with Crippen LogP contribution in [-0.2, 0) is 0 Å². The number of hydrogen-bond donors (Lipinski definition) is 2. The molecule has 0 bridgehead atoms. The van der Waals surface area contributed by atoms with Crippen molar-refractivity contribution < 1.29 is 14.3 Å². The molecule has 1 heterocycles. The molecule has 7 nitrogen and oxygen atoms in total. The number of aromatic nitrogens is 2. The van der Waals surface area contributed by atoms with Gasteiger partial charge in [0.15, 0.2) is 11.5 Å². The van der Waals surface area contributed by atoms with E-state index in [0.717, 1.165) is 11.4 Å². The second-order valence-corrected chi connectivity index (χ2v) is 5.90. The molecule has 8 heteroatoms. The molecule has 0 saturated heterocycles. The summed E-state index contributed by atoms with van der Waals surface area (Å²) < 4.78 is 10.4. The van der Waals surface area contributed by atoms with E-state index in [2.05, 4.69) is 20.8 Å². The van der Waals surface area contributed by atoms with Crippen molar-refractivity contribution in [3.05, 3.63) is 65.3 Å². The first kappa shape index (κ1) is 18.5. The Bertz CT molecular complexity index is 948. The van der Waals surface area contributed by atoms with E-state index in [-0.39, 0.29) is 5.69 Å². The van der Waals surface area contributed by atoms with Gasteiger partial charge >= 0.3 is 0 Å². The standard InChI is InChI=1S/C19H17ClN4O3/c1-26-14-5-3-4-13(11-14)21-18-9-7-15(23-24-18)19(25)22-16-10-12(20)6-8-17(16)27-2/h3-11H,1-2H3,(H,21,24)(H,22,25). The predicted molar refractivity (Wildman–Crippen MR) is 104 cm³/mol. The minimum Gasteiger partial charge on any atom is -0.497 e. The molecule has 0 aliphatic carbocycles. The van der Waals surface area contributed by atoms with Crippen LogP contribution >= 0.6 is 11.6 Å². The van der Waals surface area contributed by atoms with E-state index in [9.17, 15) is 4.79 Å². The number of hydrogen-bond acceptors (Lipinski definition) is 6. The van der Waals surface area contributed by atoms with Gasteiger partial charge in [0.05, 0.1) is 19.9 Å². The Morgan fingerprint density at radius 1 is 1.00 bits per heavy atom. The maximum Gasteiger partial charge on any atom is 0.276 e. The van der Waals surface area contributed by atoms with Gasteiger partial charge in [0.2, 0.25) is 0 Å². The summed E-state index contributed by atoms with van der Waals surface area (Å²) >= 11 is 5.97. The molecule has 1 aromatic heterocycles. The number of anilines is 3. The smallest absolute Gasteiger partial charge is 0.276 e. The number of benzene rings is 2. The molecule has 2 aromatic carbocycles. The Morgan fingerprint density at radius 2 is 1.85 bits per heavy atom. The van der Waals surface area contributed by atoms with E-state index in [1.54, 1.807) is 37.4 Å². The second-order valence-electron chi connectivity index (χ2n) is 5.46. The number of halogens is 1. The van der Waals surface area contributed by atoms with Gasteiger partial charge in [-0.05, 0) is 42.5 Å². The van der Waals surface area contributed by atoms with E-state index in [0.29, 0.717) is 22.3 Å². The lowest BCUT2D eigenvalue weighted by molar-refractivity contribution is 0.102. The number of nitrogens with one attached hydrogen (secondary N) is 2. The van der Waals surface area contributed by atoms with Crippen molar-refractivity contribution in [1.29, 1.82) is 0 Å². The molecule has 27 heavy (non-hydrogen) atoms. The summed E-state index contributed by atoms with van der Waals surface area (Å²) in [5, 5.41) is 14.3. The highest BCUT2D eigenvalue weighted by atomic mass is 35.5. The monoisotopic (exact) mass is 384 g/mol. The van der Waals surface area contributed by atoms with Crippen molar-refractivity contribution in [2.75, 3.05) is 24.9 Å². The first-order valence-electron chi connectivity index (χ1n) is 7.99. The summed E-state index contributed by atoms with van der Waals surface area (Å²) in [6, 6.07) is 15.6. The zero-order valence-electron chi connectivity index (χ0n) is 14.7. The van der Waals surface area contributed by atoms with Crippen LogP contribution in [0.4, 0.5) is 17.2 Å². The Balaban J connectivity index is 1.71. The van der Waals surface area contributed by atoms with Gasteiger partial charge in [0.1, 0.15) is 11.5 Å². The van der Waals surface area contributed by atoms with Crippen LogP contribution in [0.15, 0.2) is 54.6 Å². The molecule has 0 aliphatic rings. The molecule has 0 fully saturated rings. The molecular weight excluding hydrogens is 368 g/mol. The van der Waals surface area contributed by atoms with Crippen molar-refractivity contribution in [3.8, 4) is 11.5 Å². The highest BCUT2D eigenvalue weighted by Gasteiger charge is 2.12. The maximum atomic E-state index is 12.4. The van der Waals surface area contributed by atoms with E-state index in [4.69, 9.17) is 21.1 Å². The van der Waals surface area contributed by atoms with E-state index >= 15 is 0 Å². The molecule has 2 N–H and O–H groups in total. The quantitative estimate of drug-likeness (QED) is 0.664. The number of ether oxygens (including phenoxy) is 2. The fourth-order valence-corrected chi connectivity index (χ4v) is 2.51. The summed E-state index contributed by atoms with van der Waals surface area (Å²) in [6.07, 6.45) is 0. The molecular formula is C19H17ClN4O3. The molecule has 0 unspecified atom stereocenters. The summed E-state index contributed by atoms with van der Waals surface area (Å²) in [6.45, 7) is 0. The minimum atomic E-state index is -0.420. The Morgan fingerprint density at radius 3 is 2.56 bits per heavy atom. The number of carbonyl (C=O) groups excluding carboxylic acids is 1. The zero-order chi connectivity index (χ0) is 19.2. The SMILES string of the molecule is COc1cccc(Nc2ccc(C(=O)Nc3cc(Cl)ccc3OC)nn2)c1. The topological polar surface area (TPSA) is 85.4 Å². The van der Waals surface area contributed by atoms with E-state index in [1.807, 2.05) is 24.3 Å². The first-order chi connectivity index (χ1) is 13.1. The van der Waals surface area contributed by atoms with Gasteiger partial charge in [0, 0.05) is 16.8 Å². The molecule has 0 saturated carbocycles. The van der Waals surface area contributed by atoms with Crippen LogP contribution in [-0.4, -0.2) is 30.3 Å². The lowest BCUT2D eigenvalue weighted by atomic mass is 10.2. The predicted octanol–water partition coefficient (Wildman–Crippen LogP) is 4.14. The molecule has 0 radical (unpaired) electrons. The van der Waals surface area contributed by atoms with Crippen molar-refractivity contribution >= 4 is 34.7 Å². The van der Waals surface area contributed by atoms with Gasteiger partial charge in [-0.25, -0.2) is 0 Å². The average Bonchev–Trinajstić information content (AvgIpc) is 2.69. The molecule has 3 rings (SSSR count). The maximum absolute atomic E-state index is 12.4. The van der Waals surface area contributed by atoms with Crippen LogP contribution in [0.5, 0.6) is 11.5 Å². The Labute approximate surface area is 161 Å². The Kier molecular flexibility index (Phi) is 5.73. The molecule has 0 spiro atoms. The fourth-order valence-electron chi connectivity index (χ4n) is 2.33. The molecule has 138 valence electrons. The highest BCUT2D eigenvalue weighted by Crippen LogP contribution is 2.28. The average molecular weight is 385 g/mol. The van der Waals surface area contributed by atoms with Crippen LogP contribution < -0.4 is 20.1 Å². The number of nitrogens with zero attached hydrogens (tertiary/aromatic N) is 2. The van der Waals surface area contributed by atoms with Crippen LogP contribution in [0.1, 0.15) is 10.5 Å². The van der Waals surface area contributed by atoms with Crippen LogP contribution in [0.25, 0.3) is 0 Å². The largest absolute Gasteiger partial charge is 0.497 e. The van der Waals surface area contributed by atoms with Crippen molar-refractivity contribution in [2.45, 2.75) is 0 Å². The number of rotatable bonds is 6. The van der Waals surface area contributed by atoms with E-state index in [1.165, 1.54) is 7.11 Å². The van der Waals surface area contributed by atoms with Crippen LogP contribution in [0, 0.1) is 0 Å². The second kappa shape index (κ2) is 8.37. The van der Waals surface area contributed by atoms with Gasteiger partial charge in [-0.1, -0.05) is 17.7 Å². The third kappa shape index (κ3) is 4.65. The van der Waals surface area contributed by atoms with Gasteiger partial charge in [-0.2, -0.15) is 0 Å². The van der Waals surface area contributed by atoms with Crippen molar-refractivity contribution in [2.24, 2.45) is 0 Å². The fraction of sp³-hybridized carbons (Fsp3) is 0.105. The van der Waals surface area contributed by atoms with Crippen LogP contribution in [0.2, 0.25) is 5.02 Å². The third-order valence-electron chi connectivity index (χ3n) is 3.65. The van der Waals surface area contributed by atoms with Crippen LogP contribution in [0.3, 0.4) is 0 Å². The van der Waals surface area contributed by atoms with Gasteiger partial charge in [-0.15, -0.1) is 10.2 Å². The third-order valence-corrected chi connectivity index (χ3v) is 3.88. The normalized spacial score (nSPS) is 10.2. The van der Waals surface area contributed by atoms with Gasteiger partial charge in [-0.3, -0.25) is 4.79 Å². The summed E-state index contributed by atoms with van der Waals surface area (Å²) in [7, 11) is 3.11. The highest BCUT2D eigenvalue weighted by molar-refractivity contribution is 6.31. The Hall–Kier alpha value is -3.32. The molecule has 0 atom stereocenters. The summed E-state index contributed by atoms with van der Waals surface area (Å²) in [5.41, 5.74) is 1.41. The summed E-state index contributed by atoms with van der Waals surface area (Å²) in [4.78, 5) is 12.4. The molecule has 3 aromatic rings. The van der Waals surface area contributed by atoms with Crippen molar-refractivity contribution in [3.63, 3.8) is 0 Å². The molecule has 0 aliphatic heterocycles. The molecule has 1 amide bonds. The van der Waals surface area contributed by atoms with E-state index < -0.39 is 5.91 Å². The number of methoxy groups -OCH3 is 2. The minimum absolute atomic E-state index is 0.160. The van der Waals surface area contributed by atoms with Gasteiger partial charge < -0.3 is 20.1 Å². The van der Waals surface area contributed by atoms with Gasteiger partial charge in [0.25, 0.3) is 5.91 Å². The first-order valence-corrected chi connectivity index (χ1v) is 8.36. The summed E-state index contributed by atoms with van der Waals surface area (Å²) in [5.74, 6) is 1.30. The lowest BCUT2D eigenvalue weighted by Gasteiger charge is -2.10. The number of carbonyl (C=O) groups is 1. The lowest BCUT2D eigenvalue weighted by Crippen LogP contribution is -2.15.